The average molecular weight is 840 g/mol. The summed E-state index contributed by atoms with van der Waals surface area (Å²) in [5.41, 5.74) is 7.51. The van der Waals surface area contributed by atoms with Gasteiger partial charge in [-0.3, -0.25) is 24.5 Å². The van der Waals surface area contributed by atoms with E-state index in [-0.39, 0.29) is 41.9 Å². The predicted molar refractivity (Wildman–Crippen MR) is 239 cm³/mol. The second-order valence-electron chi connectivity index (χ2n) is 16.2. The van der Waals surface area contributed by atoms with Gasteiger partial charge in [0.2, 0.25) is 0 Å². The number of carbonyl (C=O) groups excluding carboxylic acids is 2. The SMILES string of the molecule is COc1cc2c(cc1OCc1cc(OCCCC(C)(C)SC)cc(COc3cc4c(cc3OC)C(=O)N3c5ccccc5C[C@H]3CN4)n1)N=C[C@@H]1Cc3ccccc3N1C2=O. The van der Waals surface area contributed by atoms with Gasteiger partial charge in [0.1, 0.15) is 19.0 Å². The van der Waals surface area contributed by atoms with Crippen LogP contribution in [0.5, 0.6) is 28.7 Å². The summed E-state index contributed by atoms with van der Waals surface area (Å²) in [6, 6.07) is 26.6. The minimum absolute atomic E-state index is 0.00361. The van der Waals surface area contributed by atoms with Crippen LogP contribution in [0.3, 0.4) is 0 Å². The van der Waals surface area contributed by atoms with E-state index in [1.165, 1.54) is 5.56 Å². The second kappa shape index (κ2) is 16.7. The van der Waals surface area contributed by atoms with Gasteiger partial charge in [-0.1, -0.05) is 50.2 Å². The number of nitrogens with zero attached hydrogens (tertiary/aromatic N) is 4. The van der Waals surface area contributed by atoms with Gasteiger partial charge in [0.05, 0.1) is 66.8 Å². The Labute approximate surface area is 360 Å². The largest absolute Gasteiger partial charge is 0.493 e. The lowest BCUT2D eigenvalue weighted by Crippen LogP contribution is -2.39. The molecule has 0 fully saturated rings. The number of methoxy groups -OCH3 is 2. The summed E-state index contributed by atoms with van der Waals surface area (Å²) in [5.74, 6) is 2.18. The first-order valence-corrected chi connectivity index (χ1v) is 21.8. The molecule has 12 nitrogen and oxygen atoms in total. The van der Waals surface area contributed by atoms with E-state index in [1.54, 1.807) is 32.4 Å². The smallest absolute Gasteiger partial charge is 0.261 e. The van der Waals surface area contributed by atoms with Crippen molar-refractivity contribution in [3.05, 3.63) is 119 Å². The molecule has 61 heavy (non-hydrogen) atoms. The molecule has 0 radical (unpaired) electrons. The maximum absolute atomic E-state index is 14.0. The molecule has 9 rings (SSSR count). The van der Waals surface area contributed by atoms with Crippen LogP contribution >= 0.6 is 11.8 Å². The minimum Gasteiger partial charge on any atom is -0.493 e. The molecule has 0 aliphatic carbocycles. The fourth-order valence-electron chi connectivity index (χ4n) is 8.54. The normalized spacial score (nSPS) is 17.2. The van der Waals surface area contributed by atoms with Gasteiger partial charge in [-0.15, -0.1) is 0 Å². The van der Waals surface area contributed by atoms with E-state index in [1.807, 2.05) is 82.4 Å². The van der Waals surface area contributed by atoms with Crippen molar-refractivity contribution in [3.8, 4) is 28.7 Å². The van der Waals surface area contributed by atoms with Crippen LogP contribution in [0.2, 0.25) is 0 Å². The van der Waals surface area contributed by atoms with Gasteiger partial charge in [-0.2, -0.15) is 11.8 Å². The molecule has 5 heterocycles. The molecule has 314 valence electrons. The highest BCUT2D eigenvalue weighted by Crippen LogP contribution is 2.43. The molecule has 0 spiro atoms. The molecule has 2 atom stereocenters. The summed E-state index contributed by atoms with van der Waals surface area (Å²) in [7, 11) is 3.12. The summed E-state index contributed by atoms with van der Waals surface area (Å²) in [4.78, 5) is 41.4. The molecule has 5 aromatic rings. The molecule has 4 aliphatic rings. The number of para-hydroxylation sites is 2. The minimum atomic E-state index is -0.174. The third-order valence-electron chi connectivity index (χ3n) is 11.9. The van der Waals surface area contributed by atoms with Gasteiger partial charge in [0.15, 0.2) is 23.0 Å². The predicted octanol–water partition coefficient (Wildman–Crippen LogP) is 8.84. The Morgan fingerprint density at radius 1 is 0.754 bits per heavy atom. The Balaban J connectivity index is 0.955. The molecule has 1 N–H and O–H groups in total. The standard InChI is InChI=1S/C48H49N5O7S/c1-48(2,61-5)15-10-16-58-35-19-31(27-59-44-23-38-36(21-42(44)56-3)46(54)52-33(25-49-38)17-29-11-6-8-13-40(29)52)51-32(20-35)28-60-45-24-39-37(22-43(45)57-4)47(55)53-34(26-50-39)18-30-12-7-9-14-41(30)53/h6-9,11-14,19-25,33-34,50H,10,15-18,26-28H2,1-5H3/t33-,34-/m0/s1. The van der Waals surface area contributed by atoms with Gasteiger partial charge in [-0.05, 0) is 60.9 Å². The van der Waals surface area contributed by atoms with Gasteiger partial charge in [-0.25, -0.2) is 0 Å². The summed E-state index contributed by atoms with van der Waals surface area (Å²) in [6.07, 6.45) is 7.34. The first kappa shape index (κ1) is 40.2. The summed E-state index contributed by atoms with van der Waals surface area (Å²) in [6.45, 7) is 5.77. The molecule has 4 aromatic carbocycles. The van der Waals surface area contributed by atoms with Crippen LogP contribution in [0.15, 0.2) is 89.9 Å². The highest BCUT2D eigenvalue weighted by molar-refractivity contribution is 7.99. The summed E-state index contributed by atoms with van der Waals surface area (Å²) < 4.78 is 30.8. The van der Waals surface area contributed by atoms with E-state index >= 15 is 0 Å². The first-order valence-electron chi connectivity index (χ1n) is 20.6. The Morgan fingerprint density at radius 2 is 1.38 bits per heavy atom. The van der Waals surface area contributed by atoms with E-state index < -0.39 is 0 Å². The van der Waals surface area contributed by atoms with Crippen molar-refractivity contribution in [2.24, 2.45) is 4.99 Å². The van der Waals surface area contributed by atoms with Crippen LogP contribution in [0.25, 0.3) is 0 Å². The van der Waals surface area contributed by atoms with Crippen molar-refractivity contribution >= 4 is 52.5 Å². The summed E-state index contributed by atoms with van der Waals surface area (Å²) in [5, 5.41) is 3.50. The number of amides is 2. The zero-order valence-electron chi connectivity index (χ0n) is 35.0. The van der Waals surface area contributed by atoms with Gasteiger partial charge >= 0.3 is 0 Å². The number of hydrogen-bond donors (Lipinski definition) is 1. The monoisotopic (exact) mass is 839 g/mol. The Bertz CT molecular complexity index is 2540. The van der Waals surface area contributed by atoms with E-state index in [2.05, 4.69) is 37.6 Å². The number of hydrogen-bond acceptors (Lipinski definition) is 11. The lowest BCUT2D eigenvalue weighted by atomic mass is 10.1. The van der Waals surface area contributed by atoms with Gasteiger partial charge in [0, 0.05) is 59.6 Å². The van der Waals surface area contributed by atoms with E-state index in [4.69, 9.17) is 33.7 Å². The maximum Gasteiger partial charge on any atom is 0.261 e. The number of rotatable bonds is 14. The van der Waals surface area contributed by atoms with E-state index in [9.17, 15) is 9.59 Å². The zero-order chi connectivity index (χ0) is 42.3. The Morgan fingerprint density at radius 3 is 2.07 bits per heavy atom. The van der Waals surface area contributed by atoms with E-state index in [0.29, 0.717) is 82.2 Å². The fraction of sp³-hybridized carbons (Fsp3) is 0.333. The number of thioether (sulfide) groups is 1. The zero-order valence-corrected chi connectivity index (χ0v) is 35.8. The molecule has 0 saturated heterocycles. The molecule has 0 unspecified atom stereocenters. The average Bonchev–Trinajstić information content (AvgIpc) is 3.77. The number of fused-ring (bicyclic) bond motifs is 8. The van der Waals surface area contributed by atoms with Crippen LogP contribution < -0.4 is 38.8 Å². The molecule has 2 amide bonds. The van der Waals surface area contributed by atoms with Crippen molar-refractivity contribution in [1.82, 2.24) is 4.98 Å². The molecule has 0 saturated carbocycles. The fourth-order valence-corrected chi connectivity index (χ4v) is 8.89. The number of aromatic nitrogens is 1. The third kappa shape index (κ3) is 7.94. The van der Waals surface area contributed by atoms with Crippen LogP contribution in [0.1, 0.15) is 69.9 Å². The topological polar surface area (TPSA) is 124 Å². The molecule has 4 aliphatic heterocycles. The molecular formula is C48H49N5O7S. The highest BCUT2D eigenvalue weighted by atomic mass is 32.2. The molecule has 0 bridgehead atoms. The number of aliphatic imine (C=N–C) groups is 1. The Kier molecular flexibility index (Phi) is 11.0. The highest BCUT2D eigenvalue weighted by Gasteiger charge is 2.39. The molecule has 13 heteroatoms. The number of ether oxygens (including phenoxy) is 5. The first-order chi connectivity index (χ1) is 29.6. The van der Waals surface area contributed by atoms with Crippen molar-refractivity contribution < 1.29 is 33.3 Å². The number of carbonyl (C=O) groups is 2. The maximum atomic E-state index is 14.0. The van der Waals surface area contributed by atoms with Crippen LogP contribution in [0, 0.1) is 0 Å². The van der Waals surface area contributed by atoms with Crippen LogP contribution in [-0.2, 0) is 26.1 Å². The van der Waals surface area contributed by atoms with Crippen LogP contribution in [-0.4, -0.2) is 73.5 Å². The second-order valence-corrected chi connectivity index (χ2v) is 17.8. The Hall–Kier alpha value is -6.21. The van der Waals surface area contributed by atoms with Crippen molar-refractivity contribution in [2.75, 3.05) is 48.7 Å². The third-order valence-corrected chi connectivity index (χ3v) is 13.2. The van der Waals surface area contributed by atoms with Crippen molar-refractivity contribution in [3.63, 3.8) is 0 Å². The number of benzene rings is 4. The van der Waals surface area contributed by atoms with Crippen LogP contribution in [0.4, 0.5) is 22.7 Å². The number of pyridine rings is 1. The van der Waals surface area contributed by atoms with E-state index in [0.717, 1.165) is 36.2 Å². The number of nitrogens with one attached hydrogen (secondary N) is 1. The number of anilines is 3. The van der Waals surface area contributed by atoms with Crippen molar-refractivity contribution in [1.29, 1.82) is 0 Å². The van der Waals surface area contributed by atoms with Gasteiger partial charge < -0.3 is 33.9 Å². The molecular weight excluding hydrogens is 791 g/mol. The van der Waals surface area contributed by atoms with Crippen molar-refractivity contribution in [2.45, 2.75) is 69.6 Å². The lowest BCUT2D eigenvalue weighted by molar-refractivity contribution is 0.0976. The summed E-state index contributed by atoms with van der Waals surface area (Å²) >= 11 is 1.84. The lowest BCUT2D eigenvalue weighted by Gasteiger charge is -2.22. The van der Waals surface area contributed by atoms with Gasteiger partial charge in [0.25, 0.3) is 11.8 Å². The molecule has 1 aromatic heterocycles. The quantitative estimate of drug-likeness (QED) is 0.109.